The quantitative estimate of drug-likeness (QED) is 0.581. The molecule has 0 bridgehead atoms. The summed E-state index contributed by atoms with van der Waals surface area (Å²) in [5.41, 5.74) is 4.57. The van der Waals surface area contributed by atoms with E-state index >= 15 is 0 Å². The number of piperidine rings is 1. The number of likely N-dealkylation sites (tertiary alicyclic amines) is 1. The van der Waals surface area contributed by atoms with E-state index in [1.54, 1.807) is 7.11 Å². The van der Waals surface area contributed by atoms with Crippen LogP contribution in [0.25, 0.3) is 0 Å². The summed E-state index contributed by atoms with van der Waals surface area (Å²) in [6.07, 6.45) is 3.45. The number of nitrogens with zero attached hydrogens (tertiary/aromatic N) is 1. The van der Waals surface area contributed by atoms with E-state index < -0.39 is 0 Å². The van der Waals surface area contributed by atoms with Crippen molar-refractivity contribution in [3.63, 3.8) is 0 Å². The Morgan fingerprint density at radius 3 is 2.60 bits per heavy atom. The van der Waals surface area contributed by atoms with Gasteiger partial charge in [0.15, 0.2) is 0 Å². The van der Waals surface area contributed by atoms with Crippen LogP contribution >= 0.6 is 0 Å². The van der Waals surface area contributed by atoms with Crippen LogP contribution in [0.5, 0.6) is 0 Å². The van der Waals surface area contributed by atoms with Crippen molar-refractivity contribution in [1.82, 2.24) is 10.4 Å². The van der Waals surface area contributed by atoms with Gasteiger partial charge in [-0.2, -0.15) is 5.48 Å². The van der Waals surface area contributed by atoms with Gasteiger partial charge in [0.1, 0.15) is 0 Å². The largest absolute Gasteiger partial charge is 0.382 e. The highest BCUT2D eigenvalue weighted by molar-refractivity contribution is 5.14. The molecule has 112 valence electrons. The Morgan fingerprint density at radius 1 is 1.15 bits per heavy atom. The Hall–Kier alpha value is -0.940. The number of hydroxylamine groups is 1. The molecule has 0 atom stereocenters. The first-order chi connectivity index (χ1) is 9.88. The van der Waals surface area contributed by atoms with Gasteiger partial charge in [0.25, 0.3) is 0 Å². The summed E-state index contributed by atoms with van der Waals surface area (Å²) in [5, 5.41) is 0. The topological polar surface area (TPSA) is 33.7 Å². The molecule has 1 aliphatic heterocycles. The van der Waals surface area contributed by atoms with Crippen LogP contribution < -0.4 is 5.48 Å². The van der Waals surface area contributed by atoms with Gasteiger partial charge in [-0.15, -0.1) is 0 Å². The van der Waals surface area contributed by atoms with Gasteiger partial charge >= 0.3 is 0 Å². The van der Waals surface area contributed by atoms with Crippen molar-refractivity contribution in [1.29, 1.82) is 0 Å². The summed E-state index contributed by atoms with van der Waals surface area (Å²) in [4.78, 5) is 7.93. The molecule has 20 heavy (non-hydrogen) atoms. The lowest BCUT2D eigenvalue weighted by molar-refractivity contribution is -0.0233. The number of methoxy groups -OCH3 is 1. The minimum Gasteiger partial charge on any atom is -0.382 e. The fourth-order valence-electron chi connectivity index (χ4n) is 2.51. The zero-order valence-electron chi connectivity index (χ0n) is 12.4. The van der Waals surface area contributed by atoms with E-state index in [2.05, 4.69) is 40.7 Å². The van der Waals surface area contributed by atoms with E-state index in [-0.39, 0.29) is 0 Å². The zero-order chi connectivity index (χ0) is 14.0. The first kappa shape index (κ1) is 15.4. The molecule has 0 aliphatic carbocycles. The molecular formula is C16H26N2O2. The monoisotopic (exact) mass is 278 g/mol. The van der Waals surface area contributed by atoms with Crippen LogP contribution in [0.1, 0.15) is 18.4 Å². The molecule has 2 rings (SSSR count). The van der Waals surface area contributed by atoms with Gasteiger partial charge in [-0.05, 0) is 37.9 Å². The van der Waals surface area contributed by atoms with Gasteiger partial charge < -0.3 is 9.64 Å². The summed E-state index contributed by atoms with van der Waals surface area (Å²) in [5.74, 6) is 0. The maximum absolute atomic E-state index is 5.38. The number of ether oxygens (including phenoxy) is 1. The number of benzene rings is 1. The van der Waals surface area contributed by atoms with Crippen LogP contribution in [0.15, 0.2) is 30.3 Å². The molecule has 1 fully saturated rings. The predicted octanol–water partition coefficient (Wildman–Crippen LogP) is 1.86. The number of hydrogen-bond acceptors (Lipinski definition) is 4. The fourth-order valence-corrected chi connectivity index (χ4v) is 2.51. The van der Waals surface area contributed by atoms with Gasteiger partial charge in [-0.25, -0.2) is 0 Å². The Kier molecular flexibility index (Phi) is 7.01. The van der Waals surface area contributed by atoms with Crippen LogP contribution in [-0.2, 0) is 16.0 Å². The Balaban J connectivity index is 1.57. The summed E-state index contributed by atoms with van der Waals surface area (Å²) in [7, 11) is 1.69. The second kappa shape index (κ2) is 9.08. The molecule has 0 aromatic heterocycles. The highest BCUT2D eigenvalue weighted by Gasteiger charge is 2.18. The molecule has 4 heteroatoms. The fraction of sp³-hybridized carbons (Fsp3) is 0.625. The predicted molar refractivity (Wildman–Crippen MR) is 80.6 cm³/mol. The minimum atomic E-state index is 0.486. The van der Waals surface area contributed by atoms with Crippen molar-refractivity contribution in [3.05, 3.63) is 35.9 Å². The maximum Gasteiger partial charge on any atom is 0.0915 e. The van der Waals surface area contributed by atoms with Crippen molar-refractivity contribution in [2.75, 3.05) is 40.0 Å². The molecule has 0 amide bonds. The Bertz CT molecular complexity index is 351. The molecule has 4 nitrogen and oxygen atoms in total. The van der Waals surface area contributed by atoms with Crippen molar-refractivity contribution in [2.24, 2.45) is 0 Å². The number of rotatable bonds is 8. The van der Waals surface area contributed by atoms with Crippen LogP contribution in [0.3, 0.4) is 0 Å². The van der Waals surface area contributed by atoms with E-state index in [9.17, 15) is 0 Å². The molecule has 0 spiro atoms. The summed E-state index contributed by atoms with van der Waals surface area (Å²) < 4.78 is 4.95. The van der Waals surface area contributed by atoms with Gasteiger partial charge in [0.2, 0.25) is 0 Å². The first-order valence-corrected chi connectivity index (χ1v) is 7.51. The highest BCUT2D eigenvalue weighted by atomic mass is 16.7. The standard InChI is InChI=1S/C16H26N2O2/c1-19-13-14-20-17-16-8-11-18(12-9-16)10-7-15-5-3-2-4-6-15/h2-6,16-17H,7-14H2,1H3. The molecule has 1 aromatic carbocycles. The van der Waals surface area contributed by atoms with Crippen molar-refractivity contribution >= 4 is 0 Å². The third-order valence-electron chi connectivity index (χ3n) is 3.79. The van der Waals surface area contributed by atoms with Gasteiger partial charge in [0.05, 0.1) is 13.2 Å². The molecule has 0 radical (unpaired) electrons. The molecular weight excluding hydrogens is 252 g/mol. The third kappa shape index (κ3) is 5.59. The van der Waals surface area contributed by atoms with E-state index in [4.69, 9.17) is 9.57 Å². The number of hydrogen-bond donors (Lipinski definition) is 1. The lowest BCUT2D eigenvalue weighted by atomic mass is 10.0. The van der Waals surface area contributed by atoms with Crippen LogP contribution in [0.4, 0.5) is 0 Å². The van der Waals surface area contributed by atoms with E-state index in [1.807, 2.05) is 0 Å². The molecule has 1 aromatic rings. The van der Waals surface area contributed by atoms with Gasteiger partial charge in [-0.3, -0.25) is 4.84 Å². The lowest BCUT2D eigenvalue weighted by Gasteiger charge is -2.32. The molecule has 1 heterocycles. The highest BCUT2D eigenvalue weighted by Crippen LogP contribution is 2.11. The first-order valence-electron chi connectivity index (χ1n) is 7.51. The van der Waals surface area contributed by atoms with E-state index in [0.29, 0.717) is 19.3 Å². The smallest absolute Gasteiger partial charge is 0.0915 e. The Morgan fingerprint density at radius 2 is 1.90 bits per heavy atom. The average molecular weight is 278 g/mol. The maximum atomic E-state index is 5.38. The lowest BCUT2D eigenvalue weighted by Crippen LogP contribution is -2.43. The SMILES string of the molecule is COCCONC1CCN(CCc2ccccc2)CC1. The van der Waals surface area contributed by atoms with Crippen molar-refractivity contribution < 1.29 is 9.57 Å². The third-order valence-corrected chi connectivity index (χ3v) is 3.79. The summed E-state index contributed by atoms with van der Waals surface area (Å²) in [6.45, 7) is 4.71. The zero-order valence-corrected chi connectivity index (χ0v) is 12.4. The summed E-state index contributed by atoms with van der Waals surface area (Å²) in [6, 6.07) is 11.2. The normalized spacial score (nSPS) is 17.4. The molecule has 1 saturated heterocycles. The van der Waals surface area contributed by atoms with E-state index in [0.717, 1.165) is 38.9 Å². The summed E-state index contributed by atoms with van der Waals surface area (Å²) >= 11 is 0. The van der Waals surface area contributed by atoms with Gasteiger partial charge in [-0.1, -0.05) is 30.3 Å². The van der Waals surface area contributed by atoms with Crippen LogP contribution in [0, 0.1) is 0 Å². The van der Waals surface area contributed by atoms with E-state index in [1.165, 1.54) is 5.56 Å². The second-order valence-electron chi connectivity index (χ2n) is 5.31. The van der Waals surface area contributed by atoms with Crippen LogP contribution in [0.2, 0.25) is 0 Å². The van der Waals surface area contributed by atoms with Crippen molar-refractivity contribution in [2.45, 2.75) is 25.3 Å². The van der Waals surface area contributed by atoms with Gasteiger partial charge in [0, 0.05) is 19.7 Å². The average Bonchev–Trinajstić information content (AvgIpc) is 2.52. The molecule has 0 unspecified atom stereocenters. The van der Waals surface area contributed by atoms with Crippen molar-refractivity contribution in [3.8, 4) is 0 Å². The molecule has 1 N–H and O–H groups in total. The minimum absolute atomic E-state index is 0.486. The Labute approximate surface area is 122 Å². The molecule has 1 aliphatic rings. The second-order valence-corrected chi connectivity index (χ2v) is 5.31. The molecule has 0 saturated carbocycles. The number of nitrogens with one attached hydrogen (secondary N) is 1. The van der Waals surface area contributed by atoms with Crippen LogP contribution in [-0.4, -0.2) is 50.9 Å².